The van der Waals surface area contributed by atoms with Gasteiger partial charge in [0.15, 0.2) is 0 Å². The van der Waals surface area contributed by atoms with Crippen molar-refractivity contribution in [3.05, 3.63) is 115 Å². The Kier molecular flexibility index (Phi) is 4.03. The third-order valence-corrected chi connectivity index (χ3v) is 8.49. The van der Waals surface area contributed by atoms with E-state index >= 15 is 0 Å². The van der Waals surface area contributed by atoms with Crippen LogP contribution in [-0.2, 0) is 0 Å². The fourth-order valence-corrected chi connectivity index (χ4v) is 7.06. The smallest absolute Gasteiger partial charge is 0.253 e. The predicted octanol–water partition coefficient (Wildman–Crippen LogP) is 6.42. The first kappa shape index (κ1) is 19.9. The van der Waals surface area contributed by atoms with E-state index in [4.69, 9.17) is 11.3 Å². The number of para-hydroxylation sites is 3. The van der Waals surface area contributed by atoms with Crippen LogP contribution in [0.2, 0.25) is 0 Å². The Morgan fingerprint density at radius 3 is 2.47 bits per heavy atom. The summed E-state index contributed by atoms with van der Waals surface area (Å²) < 4.78 is 8.55. The maximum atomic E-state index is 7.83. The van der Waals surface area contributed by atoms with Gasteiger partial charge in [0.2, 0.25) is 5.69 Å². The average Bonchev–Trinajstić information content (AvgIpc) is 3.27. The van der Waals surface area contributed by atoms with Crippen molar-refractivity contribution in [1.82, 2.24) is 4.57 Å². The molecular weight excluding hydrogens is 459 g/mol. The molecule has 5 aromatic carbocycles. The molecule has 0 bridgehead atoms. The van der Waals surface area contributed by atoms with Gasteiger partial charge in [0.1, 0.15) is 11.5 Å². The lowest BCUT2D eigenvalue weighted by Crippen LogP contribution is -2.57. The van der Waals surface area contributed by atoms with Crippen molar-refractivity contribution < 1.29 is 4.74 Å². The Balaban J connectivity index is 1.40. The first-order chi connectivity index (χ1) is 17.8. The molecule has 0 amide bonds. The molecule has 2 aliphatic heterocycles. The van der Waals surface area contributed by atoms with E-state index in [2.05, 4.69) is 94.3 Å². The molecule has 8 rings (SSSR count). The first-order valence-corrected chi connectivity index (χ1v) is 12.7. The molecule has 1 aromatic heterocycles. The summed E-state index contributed by atoms with van der Waals surface area (Å²) in [6, 6.07) is 35.9. The summed E-state index contributed by atoms with van der Waals surface area (Å²) >= 11 is 1.80. The zero-order chi connectivity index (χ0) is 23.8. The van der Waals surface area contributed by atoms with Crippen molar-refractivity contribution in [2.75, 3.05) is 0 Å². The SMILES string of the molecule is [C-]#[N+]c1cccc2c3ccccc3n(-c3ccc4c(c3)Sc3cccc5c3B4c3ccccc3O5)c12. The van der Waals surface area contributed by atoms with Crippen LogP contribution in [0.4, 0.5) is 5.69 Å². The van der Waals surface area contributed by atoms with E-state index < -0.39 is 0 Å². The first-order valence-electron chi connectivity index (χ1n) is 11.9. The number of rotatable bonds is 1. The summed E-state index contributed by atoms with van der Waals surface area (Å²) in [5, 5.41) is 2.27. The topological polar surface area (TPSA) is 18.5 Å². The fraction of sp³-hybridized carbons (Fsp3) is 0. The Morgan fingerprint density at radius 2 is 1.53 bits per heavy atom. The van der Waals surface area contributed by atoms with Gasteiger partial charge in [0.05, 0.1) is 17.6 Å². The Bertz CT molecular complexity index is 1930. The predicted molar refractivity (Wildman–Crippen MR) is 149 cm³/mol. The van der Waals surface area contributed by atoms with Crippen molar-refractivity contribution in [2.24, 2.45) is 0 Å². The molecule has 0 unspecified atom stereocenters. The van der Waals surface area contributed by atoms with Crippen LogP contribution in [0.5, 0.6) is 11.5 Å². The highest BCUT2D eigenvalue weighted by Gasteiger charge is 2.38. The molecule has 0 radical (unpaired) electrons. The number of nitrogens with zero attached hydrogens (tertiary/aromatic N) is 2. The lowest BCUT2D eigenvalue weighted by molar-refractivity contribution is 0.486. The van der Waals surface area contributed by atoms with E-state index in [9.17, 15) is 0 Å². The van der Waals surface area contributed by atoms with E-state index in [-0.39, 0.29) is 6.71 Å². The number of hydrogen-bond donors (Lipinski definition) is 0. The highest BCUT2D eigenvalue weighted by Crippen LogP contribution is 2.40. The van der Waals surface area contributed by atoms with Crippen molar-refractivity contribution in [1.29, 1.82) is 0 Å². The summed E-state index contributed by atoms with van der Waals surface area (Å²) in [6.45, 7) is 7.98. The summed E-state index contributed by atoms with van der Waals surface area (Å²) in [5.41, 5.74) is 7.58. The van der Waals surface area contributed by atoms with Crippen LogP contribution in [-0.4, -0.2) is 11.3 Å². The molecule has 0 spiro atoms. The molecular formula is C31H17BN2OS. The van der Waals surface area contributed by atoms with Gasteiger partial charge in [0, 0.05) is 20.9 Å². The number of aromatic nitrogens is 1. The van der Waals surface area contributed by atoms with E-state index in [1.54, 1.807) is 11.8 Å². The normalized spacial score (nSPS) is 13.0. The molecule has 0 atom stereocenters. The van der Waals surface area contributed by atoms with Crippen LogP contribution in [0.15, 0.2) is 113 Å². The highest BCUT2D eigenvalue weighted by molar-refractivity contribution is 8.00. The molecule has 0 saturated carbocycles. The molecule has 0 N–H and O–H groups in total. The van der Waals surface area contributed by atoms with E-state index in [0.717, 1.165) is 39.0 Å². The number of benzene rings is 5. The minimum atomic E-state index is 0.142. The summed E-state index contributed by atoms with van der Waals surface area (Å²) in [7, 11) is 0. The van der Waals surface area contributed by atoms with E-state index in [1.807, 2.05) is 18.2 Å². The quantitative estimate of drug-likeness (QED) is 0.201. The largest absolute Gasteiger partial charge is 0.458 e. The lowest BCUT2D eigenvalue weighted by atomic mass is 9.35. The maximum Gasteiger partial charge on any atom is 0.253 e. The molecule has 0 aliphatic carbocycles. The summed E-state index contributed by atoms with van der Waals surface area (Å²) in [6.07, 6.45) is 0. The van der Waals surface area contributed by atoms with Gasteiger partial charge in [-0.3, -0.25) is 0 Å². The van der Waals surface area contributed by atoms with Gasteiger partial charge in [-0.05, 0) is 52.7 Å². The molecule has 6 aromatic rings. The molecule has 36 heavy (non-hydrogen) atoms. The lowest BCUT2D eigenvalue weighted by Gasteiger charge is -2.32. The Labute approximate surface area is 212 Å². The molecule has 3 heterocycles. The van der Waals surface area contributed by atoms with Gasteiger partial charge < -0.3 is 9.30 Å². The van der Waals surface area contributed by atoms with Crippen molar-refractivity contribution in [3.8, 4) is 17.2 Å². The monoisotopic (exact) mass is 476 g/mol. The van der Waals surface area contributed by atoms with Gasteiger partial charge in [-0.2, -0.15) is 0 Å². The summed E-state index contributed by atoms with van der Waals surface area (Å²) in [5.74, 6) is 1.88. The number of hydrogen-bond acceptors (Lipinski definition) is 2. The van der Waals surface area contributed by atoms with Crippen LogP contribution in [0.25, 0.3) is 32.3 Å². The molecule has 166 valence electrons. The Morgan fingerprint density at radius 1 is 0.722 bits per heavy atom. The van der Waals surface area contributed by atoms with Crippen molar-refractivity contribution in [2.45, 2.75) is 9.79 Å². The standard InChI is InChI=1S/C31H17BN2OS/c1-33-24-11-6-9-21-20-8-2-4-12-25(20)34(31(21)24)19-16-17-23-29(18-19)36-28-15-7-14-27-30(28)32(23)22-10-3-5-13-26(22)35-27/h2-18H. The third kappa shape index (κ3) is 2.60. The van der Waals surface area contributed by atoms with Crippen LogP contribution in [0, 0.1) is 6.57 Å². The van der Waals surface area contributed by atoms with Crippen LogP contribution >= 0.6 is 11.8 Å². The molecule has 2 aliphatic rings. The van der Waals surface area contributed by atoms with Gasteiger partial charge in [0.25, 0.3) is 6.71 Å². The van der Waals surface area contributed by atoms with E-state index in [0.29, 0.717) is 5.69 Å². The van der Waals surface area contributed by atoms with Gasteiger partial charge in [-0.25, -0.2) is 4.85 Å². The van der Waals surface area contributed by atoms with Gasteiger partial charge in [-0.15, -0.1) is 0 Å². The second-order valence-corrected chi connectivity index (χ2v) is 10.3. The van der Waals surface area contributed by atoms with E-state index in [1.165, 1.54) is 26.2 Å². The summed E-state index contributed by atoms with van der Waals surface area (Å²) in [4.78, 5) is 6.35. The zero-order valence-electron chi connectivity index (χ0n) is 19.1. The second-order valence-electron chi connectivity index (χ2n) is 9.20. The minimum absolute atomic E-state index is 0.142. The molecule has 0 fully saturated rings. The number of fused-ring (bicyclic) bond motifs is 7. The molecule has 5 heteroatoms. The third-order valence-electron chi connectivity index (χ3n) is 7.34. The highest BCUT2D eigenvalue weighted by atomic mass is 32.2. The molecule has 3 nitrogen and oxygen atoms in total. The van der Waals surface area contributed by atoms with Crippen LogP contribution < -0.4 is 21.1 Å². The maximum absolute atomic E-state index is 7.83. The molecule has 0 saturated heterocycles. The minimum Gasteiger partial charge on any atom is -0.458 e. The zero-order valence-corrected chi connectivity index (χ0v) is 19.9. The van der Waals surface area contributed by atoms with Gasteiger partial charge >= 0.3 is 0 Å². The Hall–Kier alpha value is -4.40. The fourth-order valence-electron chi connectivity index (χ4n) is 5.86. The van der Waals surface area contributed by atoms with Gasteiger partial charge in [-0.1, -0.05) is 84.0 Å². The number of ether oxygens (including phenoxy) is 1. The van der Waals surface area contributed by atoms with Crippen molar-refractivity contribution in [3.63, 3.8) is 0 Å². The van der Waals surface area contributed by atoms with Crippen LogP contribution in [0.3, 0.4) is 0 Å². The second kappa shape index (κ2) is 7.30. The van der Waals surface area contributed by atoms with Crippen molar-refractivity contribution >= 4 is 62.4 Å². The van der Waals surface area contributed by atoms with Crippen LogP contribution in [0.1, 0.15) is 0 Å². The average molecular weight is 476 g/mol.